The second kappa shape index (κ2) is 4.49. The number of ketones is 1. The van der Waals surface area contributed by atoms with Crippen LogP contribution in [-0.2, 0) is 7.05 Å². The number of aryl methyl sites for hydroxylation is 1. The van der Waals surface area contributed by atoms with Gasteiger partial charge >= 0.3 is 0 Å². The maximum Gasteiger partial charge on any atom is 0.213 e. The van der Waals surface area contributed by atoms with E-state index in [1.54, 1.807) is 18.8 Å². The molecule has 0 bridgehead atoms. The topological polar surface area (TPSA) is 47.8 Å². The lowest BCUT2D eigenvalue weighted by Crippen LogP contribution is -2.09. The molecule has 0 fully saturated rings. The third kappa shape index (κ3) is 1.86. The fourth-order valence-electron chi connectivity index (χ4n) is 1.47. The third-order valence-corrected chi connectivity index (χ3v) is 3.09. The Hall–Kier alpha value is -1.62. The summed E-state index contributed by atoms with van der Waals surface area (Å²) in [5.74, 6) is -0.0440. The standard InChI is InChI=1S/C11H11N3OS/c1-14-9(7-12-13-14)11(15)8-5-3-4-6-10(8)16-2/h3-7H,1-2H3. The first-order chi connectivity index (χ1) is 7.74. The second-order valence-electron chi connectivity index (χ2n) is 3.27. The second-order valence-corrected chi connectivity index (χ2v) is 4.12. The average Bonchev–Trinajstić information content (AvgIpc) is 2.74. The summed E-state index contributed by atoms with van der Waals surface area (Å²) in [5, 5.41) is 7.47. The molecule has 0 saturated carbocycles. The minimum Gasteiger partial charge on any atom is -0.287 e. The number of rotatable bonds is 3. The molecule has 0 aliphatic carbocycles. The van der Waals surface area contributed by atoms with Crippen LogP contribution in [0.4, 0.5) is 0 Å². The largest absolute Gasteiger partial charge is 0.287 e. The Morgan fingerprint density at radius 1 is 1.38 bits per heavy atom. The van der Waals surface area contributed by atoms with E-state index in [4.69, 9.17) is 0 Å². The van der Waals surface area contributed by atoms with Crippen molar-refractivity contribution in [1.29, 1.82) is 0 Å². The predicted octanol–water partition coefficient (Wildman–Crippen LogP) is 1.77. The molecule has 0 aliphatic rings. The van der Waals surface area contributed by atoms with Crippen LogP contribution >= 0.6 is 11.8 Å². The van der Waals surface area contributed by atoms with Gasteiger partial charge in [-0.3, -0.25) is 4.79 Å². The van der Waals surface area contributed by atoms with Gasteiger partial charge < -0.3 is 0 Å². The molecule has 2 aromatic rings. The van der Waals surface area contributed by atoms with E-state index in [2.05, 4.69) is 10.3 Å². The summed E-state index contributed by atoms with van der Waals surface area (Å²) in [6, 6.07) is 7.53. The molecule has 4 nitrogen and oxygen atoms in total. The number of aromatic nitrogens is 3. The Morgan fingerprint density at radius 3 is 2.75 bits per heavy atom. The summed E-state index contributed by atoms with van der Waals surface area (Å²) in [7, 11) is 1.71. The maximum absolute atomic E-state index is 12.2. The van der Waals surface area contributed by atoms with Crippen molar-refractivity contribution in [3.05, 3.63) is 41.7 Å². The normalized spacial score (nSPS) is 10.4. The molecule has 16 heavy (non-hydrogen) atoms. The zero-order chi connectivity index (χ0) is 11.5. The highest BCUT2D eigenvalue weighted by atomic mass is 32.2. The monoisotopic (exact) mass is 233 g/mol. The summed E-state index contributed by atoms with van der Waals surface area (Å²) in [4.78, 5) is 13.2. The molecular formula is C11H11N3OS. The van der Waals surface area contributed by atoms with Crippen LogP contribution in [0.15, 0.2) is 35.4 Å². The van der Waals surface area contributed by atoms with Gasteiger partial charge in [0, 0.05) is 17.5 Å². The number of hydrogen-bond acceptors (Lipinski definition) is 4. The van der Waals surface area contributed by atoms with Gasteiger partial charge in [-0.2, -0.15) is 0 Å². The molecule has 82 valence electrons. The molecule has 0 atom stereocenters. The van der Waals surface area contributed by atoms with Crippen LogP contribution in [0.25, 0.3) is 0 Å². The van der Waals surface area contributed by atoms with E-state index in [-0.39, 0.29) is 5.78 Å². The number of carbonyl (C=O) groups excluding carboxylic acids is 1. The number of nitrogens with zero attached hydrogens (tertiary/aromatic N) is 3. The Balaban J connectivity index is 2.46. The lowest BCUT2D eigenvalue weighted by molar-refractivity contribution is 0.102. The van der Waals surface area contributed by atoms with Gasteiger partial charge in [-0.15, -0.1) is 16.9 Å². The van der Waals surface area contributed by atoms with Crippen molar-refractivity contribution in [2.24, 2.45) is 7.05 Å². The number of carbonyl (C=O) groups is 1. The van der Waals surface area contributed by atoms with Crippen molar-refractivity contribution < 1.29 is 4.79 Å². The smallest absolute Gasteiger partial charge is 0.213 e. The lowest BCUT2D eigenvalue weighted by Gasteiger charge is -2.05. The first kappa shape index (κ1) is 10.9. The van der Waals surface area contributed by atoms with Crippen LogP contribution in [0.2, 0.25) is 0 Å². The van der Waals surface area contributed by atoms with Crippen LogP contribution in [0.3, 0.4) is 0 Å². The van der Waals surface area contributed by atoms with Crippen LogP contribution in [0, 0.1) is 0 Å². The van der Waals surface area contributed by atoms with Gasteiger partial charge in [0.05, 0.1) is 6.20 Å². The van der Waals surface area contributed by atoms with Crippen molar-refractivity contribution in [2.45, 2.75) is 4.90 Å². The quantitative estimate of drug-likeness (QED) is 0.599. The van der Waals surface area contributed by atoms with Gasteiger partial charge in [-0.05, 0) is 18.4 Å². The Morgan fingerprint density at radius 2 is 2.12 bits per heavy atom. The minimum atomic E-state index is -0.0440. The summed E-state index contributed by atoms with van der Waals surface area (Å²) in [6.07, 6.45) is 3.44. The molecule has 1 aromatic carbocycles. The summed E-state index contributed by atoms with van der Waals surface area (Å²) in [5.41, 5.74) is 1.20. The molecular weight excluding hydrogens is 222 g/mol. The number of thioether (sulfide) groups is 1. The van der Waals surface area contributed by atoms with Crippen LogP contribution in [-0.4, -0.2) is 27.0 Å². The van der Waals surface area contributed by atoms with Crippen molar-refractivity contribution in [2.75, 3.05) is 6.26 Å². The molecule has 2 rings (SSSR count). The first-order valence-corrected chi connectivity index (χ1v) is 5.99. The Kier molecular flexibility index (Phi) is 3.05. The lowest BCUT2D eigenvalue weighted by atomic mass is 10.1. The number of benzene rings is 1. The van der Waals surface area contributed by atoms with Crippen molar-refractivity contribution in [3.63, 3.8) is 0 Å². The predicted molar refractivity (Wildman–Crippen MR) is 62.7 cm³/mol. The Bertz CT molecular complexity index is 521. The van der Waals surface area contributed by atoms with E-state index in [1.165, 1.54) is 10.9 Å². The summed E-state index contributed by atoms with van der Waals surface area (Å²) in [6.45, 7) is 0. The highest BCUT2D eigenvalue weighted by Gasteiger charge is 2.16. The molecule has 0 unspecified atom stereocenters. The van der Waals surface area contributed by atoms with Gasteiger partial charge in [0.2, 0.25) is 5.78 Å². The van der Waals surface area contributed by atoms with Gasteiger partial charge in [-0.1, -0.05) is 17.3 Å². The average molecular weight is 233 g/mol. The van der Waals surface area contributed by atoms with Crippen molar-refractivity contribution in [3.8, 4) is 0 Å². The summed E-state index contributed by atoms with van der Waals surface area (Å²) < 4.78 is 1.49. The van der Waals surface area contributed by atoms with Gasteiger partial charge in [0.1, 0.15) is 5.69 Å². The summed E-state index contributed by atoms with van der Waals surface area (Å²) >= 11 is 1.56. The Labute approximate surface area is 97.7 Å². The first-order valence-electron chi connectivity index (χ1n) is 4.76. The van der Waals surface area contributed by atoms with E-state index in [0.29, 0.717) is 11.3 Å². The van der Waals surface area contributed by atoms with E-state index in [9.17, 15) is 4.79 Å². The molecule has 0 N–H and O–H groups in total. The maximum atomic E-state index is 12.2. The highest BCUT2D eigenvalue weighted by Crippen LogP contribution is 2.22. The number of hydrogen-bond donors (Lipinski definition) is 0. The molecule has 1 heterocycles. The van der Waals surface area contributed by atoms with Crippen LogP contribution < -0.4 is 0 Å². The van der Waals surface area contributed by atoms with Crippen LogP contribution in [0.1, 0.15) is 16.1 Å². The molecule has 0 saturated heterocycles. The molecule has 5 heteroatoms. The van der Waals surface area contributed by atoms with Crippen molar-refractivity contribution in [1.82, 2.24) is 15.0 Å². The fourth-order valence-corrected chi connectivity index (χ4v) is 2.06. The van der Waals surface area contributed by atoms with Crippen molar-refractivity contribution >= 4 is 17.5 Å². The molecule has 0 spiro atoms. The zero-order valence-electron chi connectivity index (χ0n) is 9.04. The fraction of sp³-hybridized carbons (Fsp3) is 0.182. The minimum absolute atomic E-state index is 0.0440. The van der Waals surface area contributed by atoms with Crippen LogP contribution in [0.5, 0.6) is 0 Å². The van der Waals surface area contributed by atoms with Gasteiger partial charge in [0.25, 0.3) is 0 Å². The van der Waals surface area contributed by atoms with E-state index in [0.717, 1.165) is 4.90 Å². The van der Waals surface area contributed by atoms with Gasteiger partial charge in [0.15, 0.2) is 0 Å². The third-order valence-electron chi connectivity index (χ3n) is 2.30. The molecule has 0 aliphatic heterocycles. The zero-order valence-corrected chi connectivity index (χ0v) is 9.86. The van der Waals surface area contributed by atoms with E-state index in [1.807, 2.05) is 30.5 Å². The molecule has 0 radical (unpaired) electrons. The van der Waals surface area contributed by atoms with E-state index >= 15 is 0 Å². The SMILES string of the molecule is CSc1ccccc1C(=O)c1cnnn1C. The highest BCUT2D eigenvalue weighted by molar-refractivity contribution is 7.98. The molecule has 1 aromatic heterocycles. The van der Waals surface area contributed by atoms with E-state index < -0.39 is 0 Å². The molecule has 0 amide bonds. The van der Waals surface area contributed by atoms with Gasteiger partial charge in [-0.25, -0.2) is 4.68 Å².